The van der Waals surface area contributed by atoms with E-state index < -0.39 is 0 Å². The van der Waals surface area contributed by atoms with Gasteiger partial charge in [-0.1, -0.05) is 29.8 Å². The molecule has 0 aliphatic carbocycles. The lowest BCUT2D eigenvalue weighted by atomic mass is 10.0. The van der Waals surface area contributed by atoms with E-state index in [1.807, 2.05) is 6.07 Å². The summed E-state index contributed by atoms with van der Waals surface area (Å²) >= 11 is 6.00. The number of hydrogen-bond acceptors (Lipinski definition) is 3. The van der Waals surface area contributed by atoms with Crippen LogP contribution in [0.3, 0.4) is 0 Å². The zero-order valence-corrected chi connectivity index (χ0v) is 15.6. The second-order valence-electron chi connectivity index (χ2n) is 5.45. The molecule has 0 atom stereocenters. The Hall–Kier alpha value is -1.91. The number of ether oxygens (including phenoxy) is 1. The Labute approximate surface area is 153 Å². The maximum atomic E-state index is 12.4. The molecule has 2 aromatic carbocycles. The molecular formula is C18H22Cl2N2O2. The van der Waals surface area contributed by atoms with Crippen molar-refractivity contribution < 1.29 is 9.53 Å². The zero-order chi connectivity index (χ0) is 17.0. The molecule has 0 fully saturated rings. The van der Waals surface area contributed by atoms with Gasteiger partial charge in [0.25, 0.3) is 5.91 Å². The molecule has 24 heavy (non-hydrogen) atoms. The second-order valence-corrected chi connectivity index (χ2v) is 5.86. The third-order valence-corrected chi connectivity index (χ3v) is 4.20. The van der Waals surface area contributed by atoms with Gasteiger partial charge < -0.3 is 15.8 Å². The van der Waals surface area contributed by atoms with E-state index in [1.54, 1.807) is 6.07 Å². The largest absolute Gasteiger partial charge is 0.496 e. The van der Waals surface area contributed by atoms with Crippen molar-refractivity contribution in [3.63, 3.8) is 0 Å². The predicted octanol–water partition coefficient (Wildman–Crippen LogP) is 3.94. The number of carbonyl (C=O) groups is 1. The number of halogens is 2. The third kappa shape index (κ3) is 4.56. The number of hydrogen-bond donors (Lipinski definition) is 2. The summed E-state index contributed by atoms with van der Waals surface area (Å²) in [7, 11) is 1.50. The van der Waals surface area contributed by atoms with E-state index in [9.17, 15) is 4.79 Å². The monoisotopic (exact) mass is 368 g/mol. The molecule has 0 heterocycles. The van der Waals surface area contributed by atoms with E-state index in [0.29, 0.717) is 28.6 Å². The minimum atomic E-state index is -0.227. The fourth-order valence-electron chi connectivity index (χ4n) is 2.56. The Bertz CT molecular complexity index is 713. The minimum absolute atomic E-state index is 0. The van der Waals surface area contributed by atoms with E-state index in [2.05, 4.69) is 31.3 Å². The number of aryl methyl sites for hydroxylation is 2. The topological polar surface area (TPSA) is 64.3 Å². The Morgan fingerprint density at radius 1 is 1.25 bits per heavy atom. The number of nitrogens with one attached hydrogen (secondary N) is 1. The van der Waals surface area contributed by atoms with Crippen LogP contribution in [-0.2, 0) is 6.42 Å². The number of nitrogen functional groups attached to an aromatic ring is 1. The zero-order valence-electron chi connectivity index (χ0n) is 14.0. The Balaban J connectivity index is 0.00000288. The molecular weight excluding hydrogens is 347 g/mol. The molecule has 0 aliphatic heterocycles. The maximum Gasteiger partial charge on any atom is 0.255 e. The first-order chi connectivity index (χ1) is 10.9. The first-order valence-corrected chi connectivity index (χ1v) is 7.78. The van der Waals surface area contributed by atoms with Gasteiger partial charge >= 0.3 is 0 Å². The molecule has 2 aromatic rings. The summed E-state index contributed by atoms with van der Waals surface area (Å²) in [5.74, 6) is 0.187. The van der Waals surface area contributed by atoms with E-state index in [1.165, 1.54) is 29.9 Å². The lowest BCUT2D eigenvalue weighted by Crippen LogP contribution is -2.26. The van der Waals surface area contributed by atoms with E-state index in [4.69, 9.17) is 22.1 Å². The molecule has 0 radical (unpaired) electrons. The van der Waals surface area contributed by atoms with Gasteiger partial charge in [-0.15, -0.1) is 12.4 Å². The lowest BCUT2D eigenvalue weighted by Gasteiger charge is -2.13. The minimum Gasteiger partial charge on any atom is -0.496 e. The second kappa shape index (κ2) is 8.81. The van der Waals surface area contributed by atoms with Crippen LogP contribution < -0.4 is 15.8 Å². The molecule has 0 aliphatic rings. The number of benzene rings is 2. The average molecular weight is 369 g/mol. The van der Waals surface area contributed by atoms with Gasteiger partial charge in [0, 0.05) is 12.6 Å². The van der Waals surface area contributed by atoms with Gasteiger partial charge in [0.05, 0.1) is 23.4 Å². The molecule has 0 bridgehead atoms. The number of carbonyl (C=O) groups excluding carboxylic acids is 1. The van der Waals surface area contributed by atoms with Crippen LogP contribution in [0.2, 0.25) is 5.02 Å². The lowest BCUT2D eigenvalue weighted by molar-refractivity contribution is 0.0951. The Morgan fingerprint density at radius 2 is 1.88 bits per heavy atom. The van der Waals surface area contributed by atoms with Gasteiger partial charge in [-0.25, -0.2) is 0 Å². The van der Waals surface area contributed by atoms with Crippen molar-refractivity contribution in [2.75, 3.05) is 19.4 Å². The summed E-state index contributed by atoms with van der Waals surface area (Å²) < 4.78 is 5.21. The highest BCUT2D eigenvalue weighted by Crippen LogP contribution is 2.28. The normalized spacial score (nSPS) is 10.0. The number of rotatable bonds is 5. The van der Waals surface area contributed by atoms with Crippen LogP contribution in [0.15, 0.2) is 30.3 Å². The SMILES string of the molecule is COc1cc(N)c(Cl)cc1C(=O)NCCc1c(C)cccc1C.Cl. The summed E-state index contributed by atoms with van der Waals surface area (Å²) in [6.07, 6.45) is 0.773. The Morgan fingerprint density at radius 3 is 2.46 bits per heavy atom. The van der Waals surface area contributed by atoms with Gasteiger partial charge in [-0.05, 0) is 43.0 Å². The number of anilines is 1. The first-order valence-electron chi connectivity index (χ1n) is 7.40. The van der Waals surface area contributed by atoms with Gasteiger partial charge in [0.15, 0.2) is 0 Å². The summed E-state index contributed by atoms with van der Waals surface area (Å²) in [6, 6.07) is 9.28. The molecule has 4 nitrogen and oxygen atoms in total. The van der Waals surface area contributed by atoms with Crippen molar-refractivity contribution in [3.05, 3.63) is 57.6 Å². The molecule has 1 amide bonds. The fourth-order valence-corrected chi connectivity index (χ4v) is 2.72. The highest BCUT2D eigenvalue weighted by molar-refractivity contribution is 6.33. The van der Waals surface area contributed by atoms with Gasteiger partial charge in [0.2, 0.25) is 0 Å². The van der Waals surface area contributed by atoms with Crippen molar-refractivity contribution in [1.29, 1.82) is 0 Å². The molecule has 0 spiro atoms. The van der Waals surface area contributed by atoms with Crippen LogP contribution in [-0.4, -0.2) is 19.6 Å². The van der Waals surface area contributed by atoms with Crippen LogP contribution in [0.25, 0.3) is 0 Å². The highest BCUT2D eigenvalue weighted by atomic mass is 35.5. The van der Waals surface area contributed by atoms with Crippen molar-refractivity contribution in [2.45, 2.75) is 20.3 Å². The van der Waals surface area contributed by atoms with Crippen LogP contribution in [0.5, 0.6) is 5.75 Å². The van der Waals surface area contributed by atoms with Gasteiger partial charge in [-0.2, -0.15) is 0 Å². The average Bonchev–Trinajstić information content (AvgIpc) is 2.52. The third-order valence-electron chi connectivity index (χ3n) is 3.87. The van der Waals surface area contributed by atoms with Crippen LogP contribution in [0.4, 0.5) is 5.69 Å². The van der Waals surface area contributed by atoms with Crippen LogP contribution >= 0.6 is 24.0 Å². The van der Waals surface area contributed by atoms with Crippen molar-refractivity contribution in [1.82, 2.24) is 5.32 Å². The highest BCUT2D eigenvalue weighted by Gasteiger charge is 2.15. The van der Waals surface area contributed by atoms with E-state index in [-0.39, 0.29) is 18.3 Å². The maximum absolute atomic E-state index is 12.4. The molecule has 6 heteroatoms. The molecule has 3 N–H and O–H groups in total. The molecule has 0 saturated carbocycles. The summed E-state index contributed by atoms with van der Waals surface area (Å²) in [5.41, 5.74) is 10.2. The predicted molar refractivity (Wildman–Crippen MR) is 102 cm³/mol. The summed E-state index contributed by atoms with van der Waals surface area (Å²) in [4.78, 5) is 12.4. The fraction of sp³-hybridized carbons (Fsp3) is 0.278. The van der Waals surface area contributed by atoms with Crippen LogP contribution in [0, 0.1) is 13.8 Å². The van der Waals surface area contributed by atoms with Crippen molar-refractivity contribution >= 4 is 35.6 Å². The Kier molecular flexibility index (Phi) is 7.39. The number of methoxy groups -OCH3 is 1. The first kappa shape index (κ1) is 20.1. The smallest absolute Gasteiger partial charge is 0.255 e. The van der Waals surface area contributed by atoms with Crippen molar-refractivity contribution in [3.8, 4) is 5.75 Å². The van der Waals surface area contributed by atoms with Crippen LogP contribution in [0.1, 0.15) is 27.0 Å². The molecule has 0 unspecified atom stereocenters. The quantitative estimate of drug-likeness (QED) is 0.785. The number of amides is 1. The van der Waals surface area contributed by atoms with E-state index >= 15 is 0 Å². The summed E-state index contributed by atoms with van der Waals surface area (Å²) in [5, 5.41) is 3.24. The standard InChI is InChI=1S/C18H21ClN2O2.ClH/c1-11-5-4-6-12(2)13(11)7-8-21-18(22)14-9-15(19)16(20)10-17(14)23-3;/h4-6,9-10H,7-8,20H2,1-3H3,(H,21,22);1H. The van der Waals surface area contributed by atoms with E-state index in [0.717, 1.165) is 6.42 Å². The van der Waals surface area contributed by atoms with Gasteiger partial charge in [0.1, 0.15) is 5.75 Å². The summed E-state index contributed by atoms with van der Waals surface area (Å²) in [6.45, 7) is 4.69. The van der Waals surface area contributed by atoms with Gasteiger partial charge in [-0.3, -0.25) is 4.79 Å². The molecule has 2 rings (SSSR count). The molecule has 130 valence electrons. The van der Waals surface area contributed by atoms with Crippen molar-refractivity contribution in [2.24, 2.45) is 0 Å². The molecule has 0 aromatic heterocycles. The molecule has 0 saturated heterocycles. The number of nitrogens with two attached hydrogens (primary N) is 1.